The number of thioether (sulfide) groups is 1. The summed E-state index contributed by atoms with van der Waals surface area (Å²) in [5.74, 6) is -1.15. The van der Waals surface area contributed by atoms with E-state index in [4.69, 9.17) is 0 Å². The molecule has 1 heterocycles. The smallest absolute Gasteiger partial charge is 0.242 e. The first-order valence-corrected chi connectivity index (χ1v) is 10.1. The lowest BCUT2D eigenvalue weighted by Gasteiger charge is -2.14. The highest BCUT2D eigenvalue weighted by molar-refractivity contribution is 8.15. The van der Waals surface area contributed by atoms with Gasteiger partial charge < -0.3 is 5.32 Å². The minimum Gasteiger partial charge on any atom is -0.324 e. The lowest BCUT2D eigenvalue weighted by Crippen LogP contribution is -2.33. The number of carbonyl (C=O) groups excluding carboxylic acids is 2. The topological polar surface area (TPSA) is 61.8 Å². The van der Waals surface area contributed by atoms with Crippen molar-refractivity contribution in [2.75, 3.05) is 11.9 Å². The molecular weight excluding hydrogens is 389 g/mol. The Labute approximate surface area is 173 Å². The molecule has 1 atom stereocenters. The van der Waals surface area contributed by atoms with Crippen LogP contribution in [0.2, 0.25) is 0 Å². The number of carbonyl (C=O) groups is 2. The van der Waals surface area contributed by atoms with Gasteiger partial charge in [0.05, 0.1) is 11.4 Å². The van der Waals surface area contributed by atoms with E-state index in [1.54, 1.807) is 18.2 Å². The van der Waals surface area contributed by atoms with Gasteiger partial charge in [0, 0.05) is 13.0 Å². The van der Waals surface area contributed by atoms with Crippen LogP contribution < -0.4 is 5.32 Å². The van der Waals surface area contributed by atoms with Gasteiger partial charge in [0.2, 0.25) is 11.8 Å². The summed E-state index contributed by atoms with van der Waals surface area (Å²) in [5.41, 5.74) is 3.01. The zero-order valence-electron chi connectivity index (χ0n) is 16.3. The average Bonchev–Trinajstić information content (AvgIpc) is 2.92. The summed E-state index contributed by atoms with van der Waals surface area (Å²) in [4.78, 5) is 31.3. The molecule has 2 aromatic carbocycles. The van der Waals surface area contributed by atoms with Crippen molar-refractivity contribution in [3.63, 3.8) is 0 Å². The second-order valence-corrected chi connectivity index (χ2v) is 7.99. The molecule has 0 aromatic heterocycles. The van der Waals surface area contributed by atoms with E-state index in [0.717, 1.165) is 16.8 Å². The van der Waals surface area contributed by atoms with Crippen LogP contribution in [0.25, 0.3) is 0 Å². The van der Waals surface area contributed by atoms with Crippen LogP contribution in [0.3, 0.4) is 0 Å². The van der Waals surface area contributed by atoms with Gasteiger partial charge >= 0.3 is 0 Å². The number of rotatable bonds is 6. The van der Waals surface area contributed by atoms with E-state index in [9.17, 15) is 14.0 Å². The maximum Gasteiger partial charge on any atom is 0.242 e. The number of aliphatic imine (C=N–C) groups is 1. The first-order valence-electron chi connectivity index (χ1n) is 9.17. The summed E-state index contributed by atoms with van der Waals surface area (Å²) in [7, 11) is 0. The predicted molar refractivity (Wildman–Crippen MR) is 116 cm³/mol. The molecule has 5 nitrogen and oxygen atoms in total. The number of para-hydroxylation sites is 1. The van der Waals surface area contributed by atoms with Gasteiger partial charge in [0.25, 0.3) is 0 Å². The van der Waals surface area contributed by atoms with Gasteiger partial charge in [-0.05, 0) is 49.2 Å². The first kappa shape index (κ1) is 20.8. The molecule has 1 fully saturated rings. The lowest BCUT2D eigenvalue weighted by atomic mass is 10.1. The summed E-state index contributed by atoms with van der Waals surface area (Å²) in [6.07, 6.45) is 1.55. The zero-order chi connectivity index (χ0) is 21.0. The van der Waals surface area contributed by atoms with Crippen LogP contribution in [0, 0.1) is 19.7 Å². The molecule has 3 rings (SSSR count). The van der Waals surface area contributed by atoms with E-state index in [2.05, 4.69) is 16.9 Å². The molecule has 7 heteroatoms. The van der Waals surface area contributed by atoms with E-state index in [-0.39, 0.29) is 18.0 Å². The Balaban J connectivity index is 1.78. The second kappa shape index (κ2) is 9.05. The van der Waals surface area contributed by atoms with Crippen molar-refractivity contribution >= 4 is 40.1 Å². The van der Waals surface area contributed by atoms with Gasteiger partial charge in [-0.1, -0.05) is 36.0 Å². The molecule has 1 aliphatic rings. The van der Waals surface area contributed by atoms with Gasteiger partial charge in [-0.2, -0.15) is 0 Å². The van der Waals surface area contributed by atoms with Gasteiger partial charge in [0.1, 0.15) is 11.1 Å². The van der Waals surface area contributed by atoms with E-state index in [1.807, 2.05) is 32.0 Å². The normalized spacial score (nSPS) is 17.6. The summed E-state index contributed by atoms with van der Waals surface area (Å²) >= 11 is 1.24. The average molecular weight is 412 g/mol. The van der Waals surface area contributed by atoms with Crippen LogP contribution in [0.1, 0.15) is 17.5 Å². The zero-order valence-corrected chi connectivity index (χ0v) is 17.1. The van der Waals surface area contributed by atoms with Crippen LogP contribution >= 0.6 is 11.8 Å². The van der Waals surface area contributed by atoms with Crippen LogP contribution in [0.15, 0.2) is 60.1 Å². The lowest BCUT2D eigenvalue weighted by molar-refractivity contribution is -0.127. The Morgan fingerprint density at radius 3 is 2.62 bits per heavy atom. The van der Waals surface area contributed by atoms with Crippen molar-refractivity contribution < 1.29 is 14.0 Å². The molecule has 150 valence electrons. The van der Waals surface area contributed by atoms with Crippen LogP contribution in [0.5, 0.6) is 0 Å². The van der Waals surface area contributed by atoms with E-state index >= 15 is 0 Å². The maximum atomic E-state index is 13.7. The van der Waals surface area contributed by atoms with Crippen molar-refractivity contribution in [2.45, 2.75) is 25.5 Å². The van der Waals surface area contributed by atoms with Gasteiger partial charge in [-0.15, -0.1) is 6.58 Å². The summed E-state index contributed by atoms with van der Waals surface area (Å²) in [6.45, 7) is 7.98. The monoisotopic (exact) mass is 411 g/mol. The third-order valence-corrected chi connectivity index (χ3v) is 5.46. The van der Waals surface area contributed by atoms with Gasteiger partial charge in [-0.25, -0.2) is 9.38 Å². The fourth-order valence-electron chi connectivity index (χ4n) is 3.08. The maximum absolute atomic E-state index is 13.7. The molecule has 29 heavy (non-hydrogen) atoms. The quantitative estimate of drug-likeness (QED) is 0.708. The van der Waals surface area contributed by atoms with Crippen molar-refractivity contribution in [3.8, 4) is 0 Å². The highest BCUT2D eigenvalue weighted by Crippen LogP contribution is 2.32. The fourth-order valence-corrected chi connectivity index (χ4v) is 4.25. The minimum atomic E-state index is -0.619. The number of nitrogens with zero attached hydrogens (tertiary/aromatic N) is 2. The predicted octanol–water partition coefficient (Wildman–Crippen LogP) is 4.59. The number of benzene rings is 2. The molecule has 1 aliphatic heterocycles. The Morgan fingerprint density at radius 2 is 1.97 bits per heavy atom. The molecule has 1 N–H and O–H groups in total. The van der Waals surface area contributed by atoms with Crippen LogP contribution in [-0.4, -0.2) is 33.7 Å². The molecule has 0 radical (unpaired) electrons. The molecule has 0 saturated carbocycles. The van der Waals surface area contributed by atoms with Gasteiger partial charge in [0.15, 0.2) is 5.17 Å². The number of anilines is 1. The highest BCUT2D eigenvalue weighted by atomic mass is 32.2. The Hall–Kier alpha value is -2.93. The number of nitrogens with one attached hydrogen (secondary N) is 1. The number of aryl methyl sites for hydroxylation is 2. The minimum absolute atomic E-state index is 0.0721. The molecule has 0 bridgehead atoms. The molecule has 0 unspecified atom stereocenters. The van der Waals surface area contributed by atoms with Crippen LogP contribution in [0.4, 0.5) is 15.8 Å². The van der Waals surface area contributed by atoms with Crippen molar-refractivity contribution in [2.24, 2.45) is 4.99 Å². The van der Waals surface area contributed by atoms with E-state index in [1.165, 1.54) is 28.8 Å². The Morgan fingerprint density at radius 1 is 1.28 bits per heavy atom. The Bertz CT molecular complexity index is 970. The number of halogens is 1. The third kappa shape index (κ3) is 5.12. The highest BCUT2D eigenvalue weighted by Gasteiger charge is 2.38. The van der Waals surface area contributed by atoms with Gasteiger partial charge in [-0.3, -0.25) is 14.5 Å². The molecule has 0 aliphatic carbocycles. The molecular formula is C22H22FN3O2S. The molecule has 1 saturated heterocycles. The Kier molecular flexibility index (Phi) is 6.49. The van der Waals surface area contributed by atoms with Crippen molar-refractivity contribution in [3.05, 3.63) is 72.1 Å². The van der Waals surface area contributed by atoms with E-state index < -0.39 is 17.0 Å². The largest absolute Gasteiger partial charge is 0.324 e. The first-order chi connectivity index (χ1) is 13.9. The number of hydrogen-bond acceptors (Lipinski definition) is 4. The van der Waals surface area contributed by atoms with Crippen molar-refractivity contribution in [1.82, 2.24) is 4.90 Å². The fraction of sp³-hybridized carbons (Fsp3) is 0.227. The van der Waals surface area contributed by atoms with E-state index in [0.29, 0.717) is 11.7 Å². The molecule has 0 spiro atoms. The summed E-state index contributed by atoms with van der Waals surface area (Å²) in [5, 5.41) is 2.44. The standard InChI is InChI=1S/C22H22FN3O2S/c1-4-9-26-21(28)19(13-20(27)25-18-8-6-5-7-17(18)23)29-22(26)24-16-11-14(2)10-15(3)12-16/h4-8,10-12,19H,1,9,13H2,2-3H3,(H,25,27)/t19-/m0/s1. The van der Waals surface area contributed by atoms with Crippen molar-refractivity contribution in [1.29, 1.82) is 0 Å². The molecule has 2 aromatic rings. The second-order valence-electron chi connectivity index (χ2n) is 6.82. The molecule has 2 amide bonds. The number of amidine groups is 1. The summed E-state index contributed by atoms with van der Waals surface area (Å²) in [6, 6.07) is 11.9. The SMILES string of the molecule is C=CCN1C(=O)[C@H](CC(=O)Nc2ccccc2F)SC1=Nc1cc(C)cc(C)c1. The summed E-state index contributed by atoms with van der Waals surface area (Å²) < 4.78 is 13.7. The number of amides is 2. The number of hydrogen-bond donors (Lipinski definition) is 1. The third-order valence-electron chi connectivity index (χ3n) is 4.28. The van der Waals surface area contributed by atoms with Crippen LogP contribution in [-0.2, 0) is 9.59 Å².